The number of esters is 4. The van der Waals surface area contributed by atoms with E-state index in [1.807, 2.05) is 0 Å². The number of carboxylic acid groups (broad SMARTS) is 2. The van der Waals surface area contributed by atoms with Crippen molar-refractivity contribution in [3.63, 3.8) is 0 Å². The molecule has 0 saturated heterocycles. The number of hydrogen-bond acceptors (Lipinski definition) is 17. The molecule has 0 atom stereocenters. The van der Waals surface area contributed by atoms with Crippen LogP contribution >= 0.6 is 0 Å². The molecule has 0 radical (unpaired) electrons. The molecule has 0 rings (SSSR count). The fourth-order valence-corrected chi connectivity index (χ4v) is 1.20. The van der Waals surface area contributed by atoms with Gasteiger partial charge in [0.2, 0.25) is 5.39 Å². The van der Waals surface area contributed by atoms with E-state index in [4.69, 9.17) is 19.8 Å². The summed E-state index contributed by atoms with van der Waals surface area (Å²) in [5.74, 6) is -7.95. The minimum atomic E-state index is -2.81. The van der Waals surface area contributed by atoms with Crippen LogP contribution in [0.3, 0.4) is 0 Å². The zero-order chi connectivity index (χ0) is 31.2. The first-order valence-electron chi connectivity index (χ1n) is 9.58. The molecule has 0 aromatic carbocycles. The van der Waals surface area contributed by atoms with Gasteiger partial charge in [-0.25, -0.2) is 0 Å². The number of carboxylic acids is 2. The first kappa shape index (κ1) is 44.8. The summed E-state index contributed by atoms with van der Waals surface area (Å²) >= 11 is 0. The van der Waals surface area contributed by atoms with Crippen LogP contribution in [0, 0.1) is 0 Å². The summed E-state index contributed by atoms with van der Waals surface area (Å²) < 4.78 is 17.6. The summed E-state index contributed by atoms with van der Waals surface area (Å²) in [6.45, 7) is 9.13. The third-order valence-electron chi connectivity index (χ3n) is 1.68. The van der Waals surface area contributed by atoms with E-state index in [2.05, 4.69) is 33.5 Å². The standard InChI is InChI=1S/C9H12O8.C6H9NO6.2C2H4O2.Zn/c1-5(10)14-9(15-6(2)11,16-7(3)12)17-8(4)13;1-4(8)11-7(12-5(2)9)13-6(3)10;2*1-2(3)4;/h1-4H3;1-3H3;2*1H3,(H,3,4);. The van der Waals surface area contributed by atoms with Crippen LogP contribution in [0.4, 0.5) is 0 Å². The van der Waals surface area contributed by atoms with E-state index >= 15 is 0 Å². The van der Waals surface area contributed by atoms with Gasteiger partial charge in [-0.15, -0.1) is 0 Å². The summed E-state index contributed by atoms with van der Waals surface area (Å²) in [5, 5.41) is 14.9. The predicted molar refractivity (Wildman–Crippen MR) is 114 cm³/mol. The van der Waals surface area contributed by atoms with E-state index in [0.29, 0.717) is 0 Å². The Balaban J connectivity index is -0.000000154. The molecule has 0 aromatic rings. The molecular weight excluding hydrogens is 596 g/mol. The number of aliphatic carboxylic acids is 2. The quantitative estimate of drug-likeness (QED) is 0.160. The maximum atomic E-state index is 10.8. The topological polar surface area (TPSA) is 262 Å². The predicted octanol–water partition coefficient (Wildman–Crippen LogP) is -0.248. The van der Waals surface area contributed by atoms with Gasteiger partial charge in [0.25, 0.3) is 11.9 Å². The first-order valence-corrected chi connectivity index (χ1v) is 9.58. The summed E-state index contributed by atoms with van der Waals surface area (Å²) in [7, 11) is 0. The van der Waals surface area contributed by atoms with Crippen molar-refractivity contribution in [2.45, 2.75) is 68.5 Å². The zero-order valence-corrected chi connectivity index (χ0v) is 25.5. The number of carbonyl (C=O) groups is 9. The summed E-state index contributed by atoms with van der Waals surface area (Å²) in [5.41, 5.74) is 0. The van der Waals surface area contributed by atoms with Gasteiger partial charge < -0.3 is 43.7 Å². The SMILES string of the molecule is CC(=O)O.CC(=O)O.CC(=O)OC(OC(C)=O)(OC(C)=O)OC(C)=O.CC(=O)ON(OC(C)=O)OC(C)=O.[Zn]. The molecule has 0 spiro atoms. The average molecular weight is 625 g/mol. The molecule has 220 valence electrons. The van der Waals surface area contributed by atoms with Gasteiger partial charge in [-0.1, -0.05) is 0 Å². The van der Waals surface area contributed by atoms with Crippen LogP contribution in [-0.4, -0.2) is 75.5 Å². The molecule has 0 heterocycles. The van der Waals surface area contributed by atoms with Crippen molar-refractivity contribution in [2.75, 3.05) is 0 Å². The van der Waals surface area contributed by atoms with Gasteiger partial charge in [0.05, 0.1) is 0 Å². The van der Waals surface area contributed by atoms with Crippen LogP contribution in [0.15, 0.2) is 0 Å². The maximum Gasteiger partial charge on any atom is 0.619 e. The van der Waals surface area contributed by atoms with Crippen LogP contribution < -0.4 is 0 Å². The third kappa shape index (κ3) is 44.2. The van der Waals surface area contributed by atoms with Crippen molar-refractivity contribution in [1.29, 1.82) is 0 Å². The molecule has 0 aliphatic rings. The van der Waals surface area contributed by atoms with Crippen molar-refractivity contribution < 1.29 is 106 Å². The van der Waals surface area contributed by atoms with Crippen molar-refractivity contribution >= 4 is 53.7 Å². The van der Waals surface area contributed by atoms with Gasteiger partial charge in [0.15, 0.2) is 0 Å². The molecule has 0 aliphatic carbocycles. The van der Waals surface area contributed by atoms with E-state index in [1.165, 1.54) is 0 Å². The van der Waals surface area contributed by atoms with Gasteiger partial charge in [-0.2, -0.15) is 0 Å². The molecule has 19 nitrogen and oxygen atoms in total. The Hall–Kier alpha value is -4.19. The Bertz CT molecular complexity index is 743. The van der Waals surface area contributed by atoms with E-state index in [-0.39, 0.29) is 24.9 Å². The summed E-state index contributed by atoms with van der Waals surface area (Å²) in [6, 6.07) is 0. The third-order valence-corrected chi connectivity index (χ3v) is 1.68. The van der Waals surface area contributed by atoms with Gasteiger partial charge in [-0.05, 0) is 0 Å². The molecule has 39 heavy (non-hydrogen) atoms. The van der Waals surface area contributed by atoms with Crippen LogP contribution in [0.5, 0.6) is 0 Å². The molecule has 0 saturated carbocycles. The second-order valence-corrected chi connectivity index (χ2v) is 5.88. The van der Waals surface area contributed by atoms with Gasteiger partial charge in [0.1, 0.15) is 0 Å². The molecule has 0 aromatic heterocycles. The van der Waals surface area contributed by atoms with Crippen LogP contribution in [0.2, 0.25) is 0 Å². The molecule has 0 aliphatic heterocycles. The van der Waals surface area contributed by atoms with E-state index in [1.54, 1.807) is 0 Å². The van der Waals surface area contributed by atoms with Gasteiger partial charge in [0, 0.05) is 81.8 Å². The first-order chi connectivity index (χ1) is 17.0. The number of hydrogen-bond donors (Lipinski definition) is 2. The Morgan fingerprint density at radius 1 is 0.436 bits per heavy atom. The normalized spacial score (nSPS) is 8.77. The van der Waals surface area contributed by atoms with Crippen molar-refractivity contribution in [2.24, 2.45) is 0 Å². The second kappa shape index (κ2) is 24.2. The molecule has 0 bridgehead atoms. The van der Waals surface area contributed by atoms with Crippen LogP contribution in [-0.2, 0) is 96.1 Å². The van der Waals surface area contributed by atoms with Gasteiger partial charge >= 0.3 is 47.9 Å². The smallest absolute Gasteiger partial charge is 0.481 e. The second-order valence-electron chi connectivity index (χ2n) is 5.88. The van der Waals surface area contributed by atoms with E-state index in [0.717, 1.165) is 62.3 Å². The molecular formula is C19H29NO18Zn. The number of rotatable bonds is 7. The van der Waals surface area contributed by atoms with Crippen molar-refractivity contribution in [3.8, 4) is 0 Å². The zero-order valence-electron chi connectivity index (χ0n) is 22.6. The van der Waals surface area contributed by atoms with Crippen molar-refractivity contribution in [3.05, 3.63) is 0 Å². The number of nitrogens with zero attached hydrogens (tertiary/aromatic N) is 1. The van der Waals surface area contributed by atoms with Crippen LogP contribution in [0.1, 0.15) is 62.3 Å². The Kier molecular flexibility index (Phi) is 27.8. The van der Waals surface area contributed by atoms with Crippen molar-refractivity contribution in [1.82, 2.24) is 5.39 Å². The average Bonchev–Trinajstić information content (AvgIpc) is 2.56. The van der Waals surface area contributed by atoms with Gasteiger partial charge in [-0.3, -0.25) is 43.2 Å². The molecule has 20 heteroatoms. The largest absolute Gasteiger partial charge is 0.619 e. The molecule has 0 unspecified atom stereocenters. The minimum Gasteiger partial charge on any atom is -0.481 e. The summed E-state index contributed by atoms with van der Waals surface area (Å²) in [4.78, 5) is 105. The fourth-order valence-electron chi connectivity index (χ4n) is 1.20. The minimum absolute atomic E-state index is 0. The van der Waals surface area contributed by atoms with E-state index < -0.39 is 59.9 Å². The molecule has 0 fully saturated rings. The molecule has 0 amide bonds. The Morgan fingerprint density at radius 3 is 0.692 bits per heavy atom. The summed E-state index contributed by atoms with van der Waals surface area (Å²) in [6.07, 6.45) is -2.81. The monoisotopic (exact) mass is 623 g/mol. The fraction of sp³-hybridized carbons (Fsp3) is 0.526. The maximum absolute atomic E-state index is 10.8. The Morgan fingerprint density at radius 2 is 0.590 bits per heavy atom. The number of carbonyl (C=O) groups excluding carboxylic acids is 7. The Labute approximate surface area is 234 Å². The van der Waals surface area contributed by atoms with E-state index in [9.17, 15) is 33.6 Å². The molecule has 2 N–H and O–H groups in total. The number of ether oxygens (including phenoxy) is 4. The van der Waals surface area contributed by atoms with Crippen LogP contribution in [0.25, 0.3) is 0 Å².